The highest BCUT2D eigenvalue weighted by molar-refractivity contribution is 5.75. The molecule has 1 rings (SSSR count). The summed E-state index contributed by atoms with van der Waals surface area (Å²) >= 11 is 0. The van der Waals surface area contributed by atoms with Crippen LogP contribution < -0.4 is 0 Å². The molecule has 0 aliphatic rings. The highest BCUT2D eigenvalue weighted by Crippen LogP contribution is 2.36. The Morgan fingerprint density at radius 3 is 2.20 bits per heavy atom. The number of alkyl halides is 5. The Kier molecular flexibility index (Phi) is 3.06. The van der Waals surface area contributed by atoms with Crippen LogP contribution >= 0.6 is 0 Å². The van der Waals surface area contributed by atoms with Gasteiger partial charge in [0.1, 0.15) is 6.29 Å². The van der Waals surface area contributed by atoms with E-state index in [0.29, 0.717) is 12.1 Å². The molecule has 0 radical (unpaired) electrons. The zero-order valence-electron chi connectivity index (χ0n) is 7.18. The lowest BCUT2D eigenvalue weighted by Gasteiger charge is -2.12. The van der Waals surface area contributed by atoms with Gasteiger partial charge in [0.25, 0.3) is 6.43 Å². The smallest absolute Gasteiger partial charge is 0.298 e. The first kappa shape index (κ1) is 11.6. The van der Waals surface area contributed by atoms with Crippen molar-refractivity contribution in [2.75, 3.05) is 0 Å². The van der Waals surface area contributed by atoms with E-state index in [1.54, 1.807) is 0 Å². The molecule has 82 valence electrons. The van der Waals surface area contributed by atoms with Crippen molar-refractivity contribution in [3.05, 3.63) is 34.9 Å². The molecule has 0 N–H and O–H groups in total. The zero-order valence-corrected chi connectivity index (χ0v) is 7.18. The van der Waals surface area contributed by atoms with E-state index in [1.807, 2.05) is 0 Å². The first-order valence-electron chi connectivity index (χ1n) is 3.80. The summed E-state index contributed by atoms with van der Waals surface area (Å²) in [6.45, 7) is 0. The summed E-state index contributed by atoms with van der Waals surface area (Å²) in [4.78, 5) is 10.2. The van der Waals surface area contributed by atoms with Crippen molar-refractivity contribution < 1.29 is 26.7 Å². The molecule has 0 amide bonds. The molecule has 1 nitrogen and oxygen atoms in total. The van der Waals surface area contributed by atoms with E-state index >= 15 is 0 Å². The maximum absolute atomic E-state index is 12.3. The van der Waals surface area contributed by atoms with Gasteiger partial charge >= 0.3 is 6.18 Å². The SMILES string of the molecule is O=Cc1ccc(C(F)F)c(C(F)(F)F)c1. The number of hydrogen-bond acceptors (Lipinski definition) is 1. The summed E-state index contributed by atoms with van der Waals surface area (Å²) in [5.41, 5.74) is -2.87. The average Bonchev–Trinajstić information content (AvgIpc) is 2.15. The molecule has 0 unspecified atom stereocenters. The quantitative estimate of drug-likeness (QED) is 0.555. The minimum Gasteiger partial charge on any atom is -0.298 e. The fourth-order valence-corrected chi connectivity index (χ4v) is 1.08. The van der Waals surface area contributed by atoms with E-state index in [9.17, 15) is 26.7 Å². The van der Waals surface area contributed by atoms with Gasteiger partial charge in [0.15, 0.2) is 0 Å². The third-order valence-electron chi connectivity index (χ3n) is 1.75. The van der Waals surface area contributed by atoms with E-state index in [-0.39, 0.29) is 11.8 Å². The molecule has 0 bridgehead atoms. The minimum absolute atomic E-state index is 0.171. The molecule has 0 aromatic heterocycles. The third kappa shape index (κ3) is 2.51. The Bertz CT molecular complexity index is 369. The number of carbonyl (C=O) groups excluding carboxylic acids is 1. The lowest BCUT2D eigenvalue weighted by atomic mass is 10.0. The van der Waals surface area contributed by atoms with Gasteiger partial charge in [-0.15, -0.1) is 0 Å². The zero-order chi connectivity index (χ0) is 11.6. The summed E-state index contributed by atoms with van der Waals surface area (Å²) in [6.07, 6.45) is -7.93. The van der Waals surface area contributed by atoms with Gasteiger partial charge in [-0.3, -0.25) is 4.79 Å². The Balaban J connectivity index is 3.35. The van der Waals surface area contributed by atoms with Crippen molar-refractivity contribution in [3.8, 4) is 0 Å². The lowest BCUT2D eigenvalue weighted by Crippen LogP contribution is -2.10. The maximum Gasteiger partial charge on any atom is 0.416 e. The summed E-state index contributed by atoms with van der Waals surface area (Å²) in [5.74, 6) is 0. The molecule has 1 aromatic carbocycles. The Morgan fingerprint density at radius 2 is 1.80 bits per heavy atom. The van der Waals surface area contributed by atoms with Gasteiger partial charge in [-0.1, -0.05) is 12.1 Å². The van der Waals surface area contributed by atoms with E-state index in [1.165, 1.54) is 0 Å². The predicted octanol–water partition coefficient (Wildman–Crippen LogP) is 3.46. The second-order valence-electron chi connectivity index (χ2n) is 2.76. The molecule has 0 aliphatic carbocycles. The lowest BCUT2D eigenvalue weighted by molar-refractivity contribution is -0.139. The fraction of sp³-hybridized carbons (Fsp3) is 0.222. The Morgan fingerprint density at radius 1 is 1.20 bits per heavy atom. The Labute approximate surface area is 81.5 Å². The van der Waals surface area contributed by atoms with Gasteiger partial charge in [0, 0.05) is 11.1 Å². The summed E-state index contributed by atoms with van der Waals surface area (Å²) in [6, 6.07) is 1.94. The molecule has 0 atom stereocenters. The average molecular weight is 224 g/mol. The van der Waals surface area contributed by atoms with Crippen molar-refractivity contribution in [1.29, 1.82) is 0 Å². The first-order chi connectivity index (χ1) is 6.86. The number of benzene rings is 1. The van der Waals surface area contributed by atoms with Gasteiger partial charge in [-0.25, -0.2) is 8.78 Å². The molecule has 0 saturated carbocycles. The van der Waals surface area contributed by atoms with Crippen LogP contribution in [0.1, 0.15) is 27.9 Å². The van der Waals surface area contributed by atoms with E-state index < -0.39 is 23.7 Å². The van der Waals surface area contributed by atoms with Crippen LogP contribution in [0.3, 0.4) is 0 Å². The summed E-state index contributed by atoms with van der Waals surface area (Å²) < 4.78 is 61.2. The fourth-order valence-electron chi connectivity index (χ4n) is 1.08. The Hall–Kier alpha value is -1.46. The molecule has 1 aromatic rings. The van der Waals surface area contributed by atoms with E-state index in [4.69, 9.17) is 0 Å². The standard InChI is InChI=1S/C9H5F5O/c10-8(11)6-2-1-5(4-15)3-7(6)9(12,13)14/h1-4,8H. The molecular formula is C9H5F5O. The predicted molar refractivity (Wildman–Crippen MR) is 41.8 cm³/mol. The van der Waals surface area contributed by atoms with Crippen LogP contribution in [0.15, 0.2) is 18.2 Å². The largest absolute Gasteiger partial charge is 0.416 e. The molecule has 0 aliphatic heterocycles. The summed E-state index contributed by atoms with van der Waals surface area (Å²) in [7, 11) is 0. The molecule has 6 heteroatoms. The highest BCUT2D eigenvalue weighted by atomic mass is 19.4. The molecule has 0 spiro atoms. The van der Waals surface area contributed by atoms with Crippen LogP contribution in [0, 0.1) is 0 Å². The van der Waals surface area contributed by atoms with Crippen molar-refractivity contribution in [2.45, 2.75) is 12.6 Å². The molecule has 0 saturated heterocycles. The van der Waals surface area contributed by atoms with Crippen LogP contribution in [-0.2, 0) is 6.18 Å². The van der Waals surface area contributed by atoms with Gasteiger partial charge in [0.2, 0.25) is 0 Å². The topological polar surface area (TPSA) is 17.1 Å². The number of hydrogen-bond donors (Lipinski definition) is 0. The van der Waals surface area contributed by atoms with Crippen LogP contribution in [0.25, 0.3) is 0 Å². The molecular weight excluding hydrogens is 219 g/mol. The molecule has 15 heavy (non-hydrogen) atoms. The van der Waals surface area contributed by atoms with Gasteiger partial charge in [-0.2, -0.15) is 13.2 Å². The molecule has 0 heterocycles. The van der Waals surface area contributed by atoms with E-state index in [2.05, 4.69) is 0 Å². The normalized spacial score (nSPS) is 11.9. The maximum atomic E-state index is 12.3. The van der Waals surface area contributed by atoms with Crippen molar-refractivity contribution in [2.24, 2.45) is 0 Å². The summed E-state index contributed by atoms with van der Waals surface area (Å²) in [5, 5.41) is 0. The van der Waals surface area contributed by atoms with Gasteiger partial charge in [-0.05, 0) is 6.07 Å². The van der Waals surface area contributed by atoms with Crippen LogP contribution in [0.5, 0.6) is 0 Å². The second-order valence-corrected chi connectivity index (χ2v) is 2.76. The molecule has 0 fully saturated rings. The van der Waals surface area contributed by atoms with Crippen molar-refractivity contribution in [1.82, 2.24) is 0 Å². The van der Waals surface area contributed by atoms with Crippen molar-refractivity contribution >= 4 is 6.29 Å². The van der Waals surface area contributed by atoms with Crippen LogP contribution in [0.2, 0.25) is 0 Å². The first-order valence-corrected chi connectivity index (χ1v) is 3.80. The number of aldehydes is 1. The van der Waals surface area contributed by atoms with Crippen LogP contribution in [-0.4, -0.2) is 6.29 Å². The third-order valence-corrected chi connectivity index (χ3v) is 1.75. The van der Waals surface area contributed by atoms with E-state index in [0.717, 1.165) is 6.07 Å². The number of rotatable bonds is 2. The highest BCUT2D eigenvalue weighted by Gasteiger charge is 2.35. The van der Waals surface area contributed by atoms with Gasteiger partial charge < -0.3 is 0 Å². The monoisotopic (exact) mass is 224 g/mol. The van der Waals surface area contributed by atoms with Gasteiger partial charge in [0.05, 0.1) is 5.56 Å². The number of halogens is 5. The van der Waals surface area contributed by atoms with Crippen LogP contribution in [0.4, 0.5) is 22.0 Å². The van der Waals surface area contributed by atoms with Crippen molar-refractivity contribution in [3.63, 3.8) is 0 Å². The second kappa shape index (κ2) is 3.96. The minimum atomic E-state index is -4.88. The number of carbonyl (C=O) groups is 1.